The second kappa shape index (κ2) is 3.55. The van der Waals surface area contributed by atoms with Crippen LogP contribution in [0.4, 0.5) is 5.69 Å². The summed E-state index contributed by atoms with van der Waals surface area (Å²) in [6.07, 6.45) is 2.19. The Hall–Kier alpha value is -1.44. The second-order valence-corrected chi connectivity index (χ2v) is 4.74. The monoisotopic (exact) mass is 217 g/mol. The van der Waals surface area contributed by atoms with Crippen LogP contribution < -0.4 is 9.64 Å². The molecule has 1 aromatic carbocycles. The van der Waals surface area contributed by atoms with Crippen molar-refractivity contribution in [2.45, 2.75) is 26.2 Å². The number of fused-ring (bicyclic) bond motifs is 1. The molecule has 0 saturated heterocycles. The van der Waals surface area contributed by atoms with Crippen molar-refractivity contribution in [3.8, 4) is 5.75 Å². The minimum absolute atomic E-state index is 0.0629. The van der Waals surface area contributed by atoms with Crippen molar-refractivity contribution in [2.75, 3.05) is 19.1 Å². The van der Waals surface area contributed by atoms with E-state index < -0.39 is 0 Å². The molecule has 2 heteroatoms. The summed E-state index contributed by atoms with van der Waals surface area (Å²) in [5.74, 6) is 0.928. The first-order valence-corrected chi connectivity index (χ1v) is 5.61. The fourth-order valence-corrected chi connectivity index (χ4v) is 2.68. The number of hydrogen-bond acceptors (Lipinski definition) is 2. The molecular weight excluding hydrogens is 198 g/mol. The zero-order chi connectivity index (χ0) is 11.9. The number of likely N-dealkylation sites (N-methyl/N-ethyl adjacent to an activating group) is 1. The molecule has 86 valence electrons. The maximum Gasteiger partial charge on any atom is 0.119 e. The standard InChI is InChI=1S/C14H19NO/c1-6-13-14(2,3)11-9-10(16-5)7-8-12(11)15(13)4/h6-9H,1-5H3/b13-6-. The van der Waals surface area contributed by atoms with Crippen LogP contribution in [0.3, 0.4) is 0 Å². The Bertz CT molecular complexity index is 446. The van der Waals surface area contributed by atoms with Gasteiger partial charge >= 0.3 is 0 Å². The fourth-order valence-electron chi connectivity index (χ4n) is 2.68. The molecule has 0 saturated carbocycles. The lowest BCUT2D eigenvalue weighted by atomic mass is 9.84. The van der Waals surface area contributed by atoms with E-state index in [1.54, 1.807) is 7.11 Å². The van der Waals surface area contributed by atoms with Gasteiger partial charge in [0.1, 0.15) is 5.75 Å². The smallest absolute Gasteiger partial charge is 0.119 e. The number of allylic oxidation sites excluding steroid dienone is 2. The van der Waals surface area contributed by atoms with E-state index in [4.69, 9.17) is 4.74 Å². The van der Waals surface area contributed by atoms with Crippen molar-refractivity contribution in [3.05, 3.63) is 35.5 Å². The third-order valence-corrected chi connectivity index (χ3v) is 3.51. The highest BCUT2D eigenvalue weighted by atomic mass is 16.5. The number of hydrogen-bond donors (Lipinski definition) is 0. The molecule has 0 atom stereocenters. The van der Waals surface area contributed by atoms with Crippen molar-refractivity contribution < 1.29 is 4.74 Å². The van der Waals surface area contributed by atoms with E-state index in [-0.39, 0.29) is 5.41 Å². The van der Waals surface area contributed by atoms with E-state index in [1.165, 1.54) is 16.9 Å². The Labute approximate surface area is 97.5 Å². The minimum atomic E-state index is 0.0629. The second-order valence-electron chi connectivity index (χ2n) is 4.74. The van der Waals surface area contributed by atoms with Crippen molar-refractivity contribution in [1.82, 2.24) is 0 Å². The molecule has 1 aliphatic rings. The van der Waals surface area contributed by atoms with Gasteiger partial charge in [-0.15, -0.1) is 0 Å². The lowest BCUT2D eigenvalue weighted by Crippen LogP contribution is -2.22. The predicted molar refractivity (Wildman–Crippen MR) is 68.2 cm³/mol. The summed E-state index contributed by atoms with van der Waals surface area (Å²) in [6.45, 7) is 6.60. The number of methoxy groups -OCH3 is 1. The molecule has 0 N–H and O–H groups in total. The topological polar surface area (TPSA) is 12.5 Å². The number of rotatable bonds is 1. The largest absolute Gasteiger partial charge is 0.497 e. The molecule has 0 aliphatic carbocycles. The molecule has 1 aliphatic heterocycles. The molecule has 0 radical (unpaired) electrons. The third-order valence-electron chi connectivity index (χ3n) is 3.51. The first-order valence-electron chi connectivity index (χ1n) is 5.61. The molecule has 0 spiro atoms. The van der Waals surface area contributed by atoms with Crippen LogP contribution >= 0.6 is 0 Å². The van der Waals surface area contributed by atoms with E-state index in [0.717, 1.165) is 5.75 Å². The average Bonchev–Trinajstić information content (AvgIpc) is 2.46. The molecule has 2 rings (SSSR count). The van der Waals surface area contributed by atoms with Crippen LogP contribution in [-0.2, 0) is 5.41 Å². The van der Waals surface area contributed by atoms with Crippen molar-refractivity contribution in [1.29, 1.82) is 0 Å². The number of benzene rings is 1. The van der Waals surface area contributed by atoms with Gasteiger partial charge in [-0.25, -0.2) is 0 Å². The highest BCUT2D eigenvalue weighted by Crippen LogP contribution is 2.47. The van der Waals surface area contributed by atoms with Crippen LogP contribution in [0.1, 0.15) is 26.3 Å². The van der Waals surface area contributed by atoms with E-state index in [1.807, 2.05) is 6.07 Å². The van der Waals surface area contributed by atoms with Gasteiger partial charge in [0, 0.05) is 23.8 Å². The van der Waals surface area contributed by atoms with Gasteiger partial charge in [0.2, 0.25) is 0 Å². The van der Waals surface area contributed by atoms with E-state index >= 15 is 0 Å². The van der Waals surface area contributed by atoms with Crippen molar-refractivity contribution >= 4 is 5.69 Å². The summed E-state index contributed by atoms with van der Waals surface area (Å²) in [6, 6.07) is 6.29. The summed E-state index contributed by atoms with van der Waals surface area (Å²) >= 11 is 0. The van der Waals surface area contributed by atoms with Gasteiger partial charge in [-0.05, 0) is 30.7 Å². The Balaban J connectivity index is 2.63. The quantitative estimate of drug-likeness (QED) is 0.715. The van der Waals surface area contributed by atoms with Gasteiger partial charge in [0.25, 0.3) is 0 Å². The zero-order valence-corrected chi connectivity index (χ0v) is 10.7. The van der Waals surface area contributed by atoms with Gasteiger partial charge in [0.15, 0.2) is 0 Å². The van der Waals surface area contributed by atoms with Gasteiger partial charge in [-0.1, -0.05) is 19.9 Å². The first-order chi connectivity index (χ1) is 7.52. The Morgan fingerprint density at radius 2 is 2.00 bits per heavy atom. The molecule has 1 heterocycles. The molecule has 2 nitrogen and oxygen atoms in total. The summed E-state index contributed by atoms with van der Waals surface area (Å²) in [5.41, 5.74) is 4.02. The Morgan fingerprint density at radius 1 is 1.31 bits per heavy atom. The van der Waals surface area contributed by atoms with Crippen molar-refractivity contribution in [3.63, 3.8) is 0 Å². The van der Waals surface area contributed by atoms with E-state index in [0.29, 0.717) is 0 Å². The minimum Gasteiger partial charge on any atom is -0.497 e. The van der Waals surface area contributed by atoms with Gasteiger partial charge in [-0.2, -0.15) is 0 Å². The van der Waals surface area contributed by atoms with Gasteiger partial charge in [0.05, 0.1) is 7.11 Å². The number of anilines is 1. The van der Waals surface area contributed by atoms with Crippen LogP contribution in [0, 0.1) is 0 Å². The maximum atomic E-state index is 5.30. The highest BCUT2D eigenvalue weighted by molar-refractivity contribution is 5.71. The maximum absolute atomic E-state index is 5.30. The molecule has 0 unspecified atom stereocenters. The normalized spacial score (nSPS) is 20.1. The van der Waals surface area contributed by atoms with Crippen LogP contribution in [0.25, 0.3) is 0 Å². The Kier molecular flexibility index (Phi) is 2.45. The summed E-state index contributed by atoms with van der Waals surface area (Å²) in [7, 11) is 3.83. The van der Waals surface area contributed by atoms with Gasteiger partial charge < -0.3 is 9.64 Å². The predicted octanol–water partition coefficient (Wildman–Crippen LogP) is 3.33. The molecule has 0 amide bonds. The fraction of sp³-hybridized carbons (Fsp3) is 0.429. The van der Waals surface area contributed by atoms with E-state index in [9.17, 15) is 0 Å². The van der Waals surface area contributed by atoms with Crippen molar-refractivity contribution in [2.24, 2.45) is 0 Å². The molecule has 16 heavy (non-hydrogen) atoms. The first kappa shape index (κ1) is 11.1. The summed E-state index contributed by atoms with van der Waals surface area (Å²) < 4.78 is 5.30. The van der Waals surface area contributed by atoms with Crippen LogP contribution in [-0.4, -0.2) is 14.2 Å². The Morgan fingerprint density at radius 3 is 2.56 bits per heavy atom. The van der Waals surface area contributed by atoms with Gasteiger partial charge in [-0.3, -0.25) is 0 Å². The van der Waals surface area contributed by atoms with E-state index in [2.05, 4.69) is 50.9 Å². The summed E-state index contributed by atoms with van der Waals surface area (Å²) in [5, 5.41) is 0. The molecule has 1 aromatic rings. The zero-order valence-electron chi connectivity index (χ0n) is 10.7. The molecule has 0 fully saturated rings. The molecule has 0 bridgehead atoms. The summed E-state index contributed by atoms with van der Waals surface area (Å²) in [4.78, 5) is 2.26. The average molecular weight is 217 g/mol. The molecule has 0 aromatic heterocycles. The van der Waals surface area contributed by atoms with Crippen LogP contribution in [0.15, 0.2) is 30.0 Å². The van der Waals surface area contributed by atoms with Crippen LogP contribution in [0.5, 0.6) is 5.75 Å². The molecular formula is C14H19NO. The third kappa shape index (κ3) is 1.33. The SMILES string of the molecule is C/C=C1\N(C)c2ccc(OC)cc2C1(C)C. The number of nitrogens with zero attached hydrogens (tertiary/aromatic N) is 1. The van der Waals surface area contributed by atoms with Crippen LogP contribution in [0.2, 0.25) is 0 Å². The lowest BCUT2D eigenvalue weighted by molar-refractivity contribution is 0.413. The lowest BCUT2D eigenvalue weighted by Gasteiger charge is -2.23. The highest BCUT2D eigenvalue weighted by Gasteiger charge is 2.38. The number of ether oxygens (including phenoxy) is 1.